The number of likely N-dealkylation sites (tertiary alicyclic amines) is 1. The lowest BCUT2D eigenvalue weighted by molar-refractivity contribution is -0.274. The van der Waals surface area contributed by atoms with Gasteiger partial charge in [0.05, 0.1) is 0 Å². The monoisotopic (exact) mass is 416 g/mol. The third kappa shape index (κ3) is 4.63. The van der Waals surface area contributed by atoms with Gasteiger partial charge in [0.2, 0.25) is 0 Å². The number of piperidine rings is 1. The van der Waals surface area contributed by atoms with Crippen molar-refractivity contribution in [1.29, 1.82) is 0 Å². The number of halogens is 5. The number of alkyl halides is 5. The standard InChI is InChI=1S/C21H25F5N2O/c1-27(19(29)20(22,23)21(24,25)26)17-10-12-28(13-11-17)18(16-8-5-9-16)14-15-6-3-2-4-7-15/h2-4,6-8,17-18H,5,9-14H2,1H3. The molecule has 3 nitrogen and oxygen atoms in total. The predicted molar refractivity (Wildman–Crippen MR) is 99.6 cm³/mol. The van der Waals surface area contributed by atoms with E-state index in [1.54, 1.807) is 0 Å². The quantitative estimate of drug-likeness (QED) is 0.506. The molecule has 0 saturated carbocycles. The molecule has 3 rings (SSSR count). The molecule has 0 aromatic heterocycles. The molecule has 1 aromatic rings. The van der Waals surface area contributed by atoms with E-state index < -0.39 is 24.0 Å². The molecule has 1 unspecified atom stereocenters. The number of hydrogen-bond acceptors (Lipinski definition) is 2. The normalized spacial score (nSPS) is 20.0. The van der Waals surface area contributed by atoms with Gasteiger partial charge in [-0.25, -0.2) is 0 Å². The Balaban J connectivity index is 1.63. The first kappa shape index (κ1) is 21.7. The molecular weight excluding hydrogens is 391 g/mol. The summed E-state index contributed by atoms with van der Waals surface area (Å²) in [5.74, 6) is -7.53. The van der Waals surface area contributed by atoms with Crippen molar-refractivity contribution in [3.8, 4) is 0 Å². The Bertz CT molecular complexity index is 739. The number of allylic oxidation sites excluding steroid dienone is 1. The van der Waals surface area contributed by atoms with Gasteiger partial charge < -0.3 is 4.90 Å². The van der Waals surface area contributed by atoms with Gasteiger partial charge in [0, 0.05) is 32.2 Å². The number of hydrogen-bond donors (Lipinski definition) is 0. The van der Waals surface area contributed by atoms with Gasteiger partial charge in [0.1, 0.15) is 0 Å². The third-order valence-electron chi connectivity index (χ3n) is 5.97. The number of carbonyl (C=O) groups is 1. The second-order valence-electron chi connectivity index (χ2n) is 7.78. The fourth-order valence-electron chi connectivity index (χ4n) is 4.04. The maximum atomic E-state index is 13.4. The van der Waals surface area contributed by atoms with Crippen LogP contribution in [0.5, 0.6) is 0 Å². The number of carbonyl (C=O) groups excluding carboxylic acids is 1. The molecule has 1 aliphatic heterocycles. The first-order valence-corrected chi connectivity index (χ1v) is 9.80. The summed E-state index contributed by atoms with van der Waals surface area (Å²) < 4.78 is 64.3. The molecule has 160 valence electrons. The highest BCUT2D eigenvalue weighted by Crippen LogP contribution is 2.38. The zero-order valence-electron chi connectivity index (χ0n) is 16.3. The summed E-state index contributed by atoms with van der Waals surface area (Å²) in [5, 5.41) is 0. The van der Waals surface area contributed by atoms with Gasteiger partial charge in [-0.1, -0.05) is 42.0 Å². The summed E-state index contributed by atoms with van der Waals surface area (Å²) in [4.78, 5) is 14.6. The highest BCUT2D eigenvalue weighted by atomic mass is 19.4. The molecule has 1 aliphatic carbocycles. The lowest BCUT2D eigenvalue weighted by atomic mass is 9.86. The van der Waals surface area contributed by atoms with Gasteiger partial charge in [0.15, 0.2) is 0 Å². The van der Waals surface area contributed by atoms with Gasteiger partial charge in [-0.05, 0) is 37.7 Å². The van der Waals surface area contributed by atoms with E-state index in [1.165, 1.54) is 11.1 Å². The van der Waals surface area contributed by atoms with Gasteiger partial charge in [0.25, 0.3) is 0 Å². The van der Waals surface area contributed by atoms with Crippen molar-refractivity contribution < 1.29 is 26.7 Å². The summed E-state index contributed by atoms with van der Waals surface area (Å²) >= 11 is 0. The lowest BCUT2D eigenvalue weighted by Crippen LogP contribution is -2.56. The Morgan fingerprint density at radius 1 is 1.14 bits per heavy atom. The first-order chi connectivity index (χ1) is 13.6. The largest absolute Gasteiger partial charge is 0.463 e. The molecular formula is C21H25F5N2O. The van der Waals surface area contributed by atoms with E-state index in [-0.39, 0.29) is 6.04 Å². The van der Waals surface area contributed by atoms with E-state index in [0.29, 0.717) is 30.8 Å². The van der Waals surface area contributed by atoms with Crippen LogP contribution < -0.4 is 0 Å². The van der Waals surface area contributed by atoms with Crippen molar-refractivity contribution in [2.45, 2.75) is 56.3 Å². The predicted octanol–water partition coefficient (Wildman–Crippen LogP) is 4.44. The smallest absolute Gasteiger partial charge is 0.337 e. The van der Waals surface area contributed by atoms with Crippen LogP contribution in [0.3, 0.4) is 0 Å². The van der Waals surface area contributed by atoms with Crippen molar-refractivity contribution in [1.82, 2.24) is 9.80 Å². The van der Waals surface area contributed by atoms with Crippen LogP contribution in [-0.2, 0) is 11.2 Å². The van der Waals surface area contributed by atoms with Crippen LogP contribution in [0, 0.1) is 0 Å². The molecule has 0 spiro atoms. The summed E-state index contributed by atoms with van der Waals surface area (Å²) in [6.45, 7) is 1.10. The lowest BCUT2D eigenvalue weighted by Gasteiger charge is -2.43. The maximum Gasteiger partial charge on any atom is 0.463 e. The summed E-state index contributed by atoms with van der Waals surface area (Å²) in [5.41, 5.74) is 2.55. The molecule has 29 heavy (non-hydrogen) atoms. The van der Waals surface area contributed by atoms with Crippen LogP contribution in [0.25, 0.3) is 0 Å². The minimum absolute atomic E-state index is 0.199. The Kier molecular flexibility index (Phi) is 6.31. The van der Waals surface area contributed by atoms with Crippen LogP contribution in [0.2, 0.25) is 0 Å². The Hall–Kier alpha value is -1.96. The molecule has 1 amide bonds. The fourth-order valence-corrected chi connectivity index (χ4v) is 4.04. The van der Waals surface area contributed by atoms with Gasteiger partial charge in [-0.2, -0.15) is 22.0 Å². The summed E-state index contributed by atoms with van der Waals surface area (Å²) in [6, 6.07) is 9.61. The van der Waals surface area contributed by atoms with Gasteiger partial charge in [-0.15, -0.1) is 0 Å². The summed E-state index contributed by atoms with van der Waals surface area (Å²) in [6.07, 6.45) is -0.0357. The van der Waals surface area contributed by atoms with E-state index in [4.69, 9.17) is 0 Å². The van der Waals surface area contributed by atoms with Crippen molar-refractivity contribution in [3.63, 3.8) is 0 Å². The minimum Gasteiger partial charge on any atom is -0.337 e. The van der Waals surface area contributed by atoms with Crippen molar-refractivity contribution in [2.75, 3.05) is 20.1 Å². The molecule has 0 N–H and O–H groups in total. The van der Waals surface area contributed by atoms with E-state index in [2.05, 4.69) is 23.1 Å². The highest BCUT2D eigenvalue weighted by Gasteiger charge is 2.64. The molecule has 1 heterocycles. The number of nitrogens with zero attached hydrogens (tertiary/aromatic N) is 2. The molecule has 1 atom stereocenters. The zero-order chi connectivity index (χ0) is 21.2. The van der Waals surface area contributed by atoms with Crippen molar-refractivity contribution >= 4 is 5.91 Å². The fraction of sp³-hybridized carbons (Fsp3) is 0.571. The average Bonchev–Trinajstić information content (AvgIpc) is 2.65. The van der Waals surface area contributed by atoms with Crippen LogP contribution in [0.15, 0.2) is 42.0 Å². The van der Waals surface area contributed by atoms with E-state index >= 15 is 0 Å². The second-order valence-corrected chi connectivity index (χ2v) is 7.78. The minimum atomic E-state index is -5.88. The van der Waals surface area contributed by atoms with E-state index in [1.807, 2.05) is 18.2 Å². The van der Waals surface area contributed by atoms with Crippen LogP contribution in [0.4, 0.5) is 22.0 Å². The van der Waals surface area contributed by atoms with Crippen LogP contribution in [0.1, 0.15) is 31.2 Å². The molecule has 1 fully saturated rings. The molecule has 1 saturated heterocycles. The molecule has 0 radical (unpaired) electrons. The highest BCUT2D eigenvalue weighted by molar-refractivity contribution is 5.84. The van der Waals surface area contributed by atoms with Gasteiger partial charge >= 0.3 is 18.0 Å². The Morgan fingerprint density at radius 3 is 2.21 bits per heavy atom. The number of benzene rings is 1. The maximum absolute atomic E-state index is 13.4. The Labute approximate surface area is 167 Å². The summed E-state index contributed by atoms with van der Waals surface area (Å²) in [7, 11) is 1.04. The van der Waals surface area contributed by atoms with E-state index in [9.17, 15) is 26.7 Å². The second kappa shape index (κ2) is 8.42. The van der Waals surface area contributed by atoms with Crippen molar-refractivity contribution in [3.05, 3.63) is 47.5 Å². The van der Waals surface area contributed by atoms with Crippen molar-refractivity contribution in [2.24, 2.45) is 0 Å². The average molecular weight is 416 g/mol. The number of amides is 1. The molecule has 1 aromatic carbocycles. The van der Waals surface area contributed by atoms with Crippen LogP contribution >= 0.6 is 0 Å². The van der Waals surface area contributed by atoms with Gasteiger partial charge in [-0.3, -0.25) is 9.69 Å². The zero-order valence-corrected chi connectivity index (χ0v) is 16.3. The molecule has 0 bridgehead atoms. The molecule has 8 heteroatoms. The number of rotatable bonds is 6. The molecule has 2 aliphatic rings. The van der Waals surface area contributed by atoms with Crippen LogP contribution in [-0.4, -0.2) is 60.0 Å². The topological polar surface area (TPSA) is 23.6 Å². The first-order valence-electron chi connectivity index (χ1n) is 9.80. The third-order valence-corrected chi connectivity index (χ3v) is 5.97. The Morgan fingerprint density at radius 2 is 1.72 bits per heavy atom. The van der Waals surface area contributed by atoms with E-state index in [0.717, 1.165) is 26.3 Å². The SMILES string of the molecule is CN(C(=O)C(F)(F)C(F)(F)F)C1CCN(C(Cc2ccccc2)C2=CCC2)CC1.